The Bertz CT molecular complexity index is 643. The fraction of sp³-hybridized carbons (Fsp3) is 0.438. The van der Waals surface area contributed by atoms with Gasteiger partial charge in [0.25, 0.3) is 0 Å². The minimum Gasteiger partial charge on any atom is -0.325 e. The van der Waals surface area contributed by atoms with Gasteiger partial charge in [0, 0.05) is 12.7 Å². The number of aromatic nitrogens is 3. The van der Waals surface area contributed by atoms with Gasteiger partial charge in [-0.3, -0.25) is 4.79 Å². The van der Waals surface area contributed by atoms with Crippen molar-refractivity contribution in [3.63, 3.8) is 0 Å². The molecular formula is C16H22N4OS. The van der Waals surface area contributed by atoms with Gasteiger partial charge >= 0.3 is 0 Å². The van der Waals surface area contributed by atoms with Crippen molar-refractivity contribution >= 4 is 23.4 Å². The largest absolute Gasteiger partial charge is 0.325 e. The van der Waals surface area contributed by atoms with E-state index in [0.717, 1.165) is 10.8 Å². The smallest absolute Gasteiger partial charge is 0.237 e. The highest BCUT2D eigenvalue weighted by molar-refractivity contribution is 8.00. The van der Waals surface area contributed by atoms with E-state index in [2.05, 4.69) is 48.4 Å². The van der Waals surface area contributed by atoms with E-state index in [1.165, 1.54) is 17.3 Å². The van der Waals surface area contributed by atoms with Gasteiger partial charge in [-0.15, -0.1) is 10.2 Å². The summed E-state index contributed by atoms with van der Waals surface area (Å²) in [5.74, 6) is -0.0449. The number of anilines is 1. The molecule has 6 heteroatoms. The monoisotopic (exact) mass is 318 g/mol. The summed E-state index contributed by atoms with van der Waals surface area (Å²) in [6.45, 7) is 8.36. The molecular weight excluding hydrogens is 296 g/mol. The Morgan fingerprint density at radius 3 is 2.41 bits per heavy atom. The van der Waals surface area contributed by atoms with Crippen LogP contribution in [0.15, 0.2) is 35.7 Å². The van der Waals surface area contributed by atoms with Crippen LogP contribution in [0.4, 0.5) is 5.69 Å². The zero-order chi connectivity index (χ0) is 16.3. The Morgan fingerprint density at radius 1 is 1.27 bits per heavy atom. The van der Waals surface area contributed by atoms with Crippen LogP contribution >= 0.6 is 11.8 Å². The number of amides is 1. The first-order valence-electron chi connectivity index (χ1n) is 7.19. The van der Waals surface area contributed by atoms with Crippen molar-refractivity contribution in [2.75, 3.05) is 5.32 Å². The summed E-state index contributed by atoms with van der Waals surface area (Å²) in [7, 11) is 1.86. The zero-order valence-corrected chi connectivity index (χ0v) is 14.4. The maximum atomic E-state index is 12.2. The number of hydrogen-bond acceptors (Lipinski definition) is 4. The highest BCUT2D eigenvalue weighted by atomic mass is 32.2. The van der Waals surface area contributed by atoms with Gasteiger partial charge in [-0.25, -0.2) is 0 Å². The standard InChI is InChI=1S/C16H22N4OS/c1-11(22-15-19-17-10-20(15)5)14(21)18-13-8-6-12(7-9-13)16(2,3)4/h6-11H,1-5H3,(H,18,21)/t11-/m0/s1. The molecule has 0 spiro atoms. The van der Waals surface area contributed by atoms with Crippen LogP contribution in [-0.4, -0.2) is 25.9 Å². The molecule has 0 saturated carbocycles. The molecule has 0 radical (unpaired) electrons. The lowest BCUT2D eigenvalue weighted by Crippen LogP contribution is -2.23. The summed E-state index contributed by atoms with van der Waals surface area (Å²) in [4.78, 5) is 12.2. The van der Waals surface area contributed by atoms with Crippen LogP contribution in [0, 0.1) is 0 Å². The number of benzene rings is 1. The van der Waals surface area contributed by atoms with Crippen molar-refractivity contribution in [2.45, 2.75) is 43.5 Å². The first-order chi connectivity index (χ1) is 10.3. The van der Waals surface area contributed by atoms with Crippen LogP contribution in [0.3, 0.4) is 0 Å². The van der Waals surface area contributed by atoms with Crippen LogP contribution in [0.5, 0.6) is 0 Å². The molecule has 0 bridgehead atoms. The van der Waals surface area contributed by atoms with E-state index in [1.54, 1.807) is 10.9 Å². The van der Waals surface area contributed by atoms with E-state index in [9.17, 15) is 4.79 Å². The molecule has 0 aliphatic heterocycles. The van der Waals surface area contributed by atoms with Gasteiger partial charge in [0.2, 0.25) is 5.91 Å². The number of thioether (sulfide) groups is 1. The fourth-order valence-corrected chi connectivity index (χ4v) is 2.68. The first kappa shape index (κ1) is 16.5. The first-order valence-corrected chi connectivity index (χ1v) is 8.07. The number of aryl methyl sites for hydroxylation is 1. The van der Waals surface area contributed by atoms with Crippen molar-refractivity contribution in [2.24, 2.45) is 7.05 Å². The minimum absolute atomic E-state index is 0.0449. The van der Waals surface area contributed by atoms with E-state index in [1.807, 2.05) is 26.1 Å². The average Bonchev–Trinajstić information content (AvgIpc) is 2.84. The summed E-state index contributed by atoms with van der Waals surface area (Å²) in [6, 6.07) is 7.99. The summed E-state index contributed by atoms with van der Waals surface area (Å²) in [6.07, 6.45) is 1.62. The van der Waals surface area contributed by atoms with Gasteiger partial charge < -0.3 is 9.88 Å². The van der Waals surface area contributed by atoms with Gasteiger partial charge in [-0.2, -0.15) is 0 Å². The van der Waals surface area contributed by atoms with Crippen LogP contribution < -0.4 is 5.32 Å². The topological polar surface area (TPSA) is 59.8 Å². The average molecular weight is 318 g/mol. The summed E-state index contributed by atoms with van der Waals surface area (Å²) in [5, 5.41) is 11.2. The second kappa shape index (κ2) is 6.52. The zero-order valence-electron chi connectivity index (χ0n) is 13.6. The predicted molar refractivity (Wildman–Crippen MR) is 90.1 cm³/mol. The maximum Gasteiger partial charge on any atom is 0.237 e. The van der Waals surface area contributed by atoms with Gasteiger partial charge in [-0.05, 0) is 30.0 Å². The van der Waals surface area contributed by atoms with Gasteiger partial charge in [0.05, 0.1) is 5.25 Å². The van der Waals surface area contributed by atoms with Crippen molar-refractivity contribution in [3.8, 4) is 0 Å². The van der Waals surface area contributed by atoms with Crippen molar-refractivity contribution in [1.82, 2.24) is 14.8 Å². The van der Waals surface area contributed by atoms with Crippen molar-refractivity contribution < 1.29 is 4.79 Å². The minimum atomic E-state index is -0.245. The van der Waals surface area contributed by atoms with E-state index in [0.29, 0.717) is 0 Å². The summed E-state index contributed by atoms with van der Waals surface area (Å²) < 4.78 is 1.80. The van der Waals surface area contributed by atoms with Gasteiger partial charge in [0.1, 0.15) is 6.33 Å². The van der Waals surface area contributed by atoms with Gasteiger partial charge in [-0.1, -0.05) is 44.7 Å². The van der Waals surface area contributed by atoms with Crippen molar-refractivity contribution in [1.29, 1.82) is 0 Å². The molecule has 118 valence electrons. The highest BCUT2D eigenvalue weighted by Gasteiger charge is 2.18. The quantitative estimate of drug-likeness (QED) is 0.879. The van der Waals surface area contributed by atoms with E-state index in [4.69, 9.17) is 0 Å². The lowest BCUT2D eigenvalue weighted by molar-refractivity contribution is -0.115. The highest BCUT2D eigenvalue weighted by Crippen LogP contribution is 2.25. The van der Waals surface area contributed by atoms with Gasteiger partial charge in [0.15, 0.2) is 5.16 Å². The Morgan fingerprint density at radius 2 is 1.91 bits per heavy atom. The van der Waals surface area contributed by atoms with E-state index < -0.39 is 0 Å². The number of nitrogens with one attached hydrogen (secondary N) is 1. The van der Waals surface area contributed by atoms with Crippen LogP contribution in [0.2, 0.25) is 0 Å². The molecule has 0 unspecified atom stereocenters. The summed E-state index contributed by atoms with van der Waals surface area (Å²) >= 11 is 1.39. The Labute approximate surface area is 135 Å². The number of rotatable bonds is 4. The number of carbonyl (C=O) groups is 1. The number of nitrogens with zero attached hydrogens (tertiary/aromatic N) is 3. The van der Waals surface area contributed by atoms with Crippen molar-refractivity contribution in [3.05, 3.63) is 36.2 Å². The van der Waals surface area contributed by atoms with Crippen LogP contribution in [0.1, 0.15) is 33.3 Å². The third kappa shape index (κ3) is 4.10. The molecule has 0 aliphatic rings. The van der Waals surface area contributed by atoms with Crippen LogP contribution in [-0.2, 0) is 17.3 Å². The third-order valence-electron chi connectivity index (χ3n) is 3.34. The molecule has 1 N–H and O–H groups in total. The lowest BCUT2D eigenvalue weighted by atomic mass is 9.87. The Kier molecular flexibility index (Phi) is 4.90. The Balaban J connectivity index is 1.98. The van der Waals surface area contributed by atoms with Crippen LogP contribution in [0.25, 0.3) is 0 Å². The number of hydrogen-bond donors (Lipinski definition) is 1. The Hall–Kier alpha value is -1.82. The molecule has 5 nitrogen and oxygen atoms in total. The molecule has 0 saturated heterocycles. The van der Waals surface area contributed by atoms with E-state index in [-0.39, 0.29) is 16.6 Å². The number of carbonyl (C=O) groups excluding carboxylic acids is 1. The molecule has 1 aromatic carbocycles. The molecule has 0 aliphatic carbocycles. The molecule has 2 rings (SSSR count). The van der Waals surface area contributed by atoms with E-state index >= 15 is 0 Å². The SMILES string of the molecule is C[C@H](Sc1nncn1C)C(=O)Nc1ccc(C(C)(C)C)cc1. The third-order valence-corrected chi connectivity index (χ3v) is 4.49. The molecule has 1 atom stereocenters. The normalized spacial score (nSPS) is 13.0. The predicted octanol–water partition coefficient (Wildman–Crippen LogP) is 3.23. The molecule has 22 heavy (non-hydrogen) atoms. The maximum absolute atomic E-state index is 12.2. The molecule has 1 heterocycles. The second-order valence-corrected chi connectivity index (χ2v) is 7.61. The molecule has 1 aromatic heterocycles. The molecule has 0 fully saturated rings. The molecule has 2 aromatic rings. The summed E-state index contributed by atoms with van der Waals surface area (Å²) in [5.41, 5.74) is 2.16. The second-order valence-electron chi connectivity index (χ2n) is 6.30. The lowest BCUT2D eigenvalue weighted by Gasteiger charge is -2.19. The fourth-order valence-electron chi connectivity index (χ4n) is 1.89. The molecule has 1 amide bonds.